The molecule has 1 aromatic rings. The van der Waals surface area contributed by atoms with Gasteiger partial charge >= 0.3 is 6.03 Å². The Morgan fingerprint density at radius 1 is 0.967 bits per heavy atom. The van der Waals surface area contributed by atoms with Crippen LogP contribution in [0.4, 0.5) is 4.79 Å². The van der Waals surface area contributed by atoms with Gasteiger partial charge in [-0.2, -0.15) is 0 Å². The molecule has 1 heterocycles. The fraction of sp³-hybridized carbons (Fsp3) is 0.636. The summed E-state index contributed by atoms with van der Waals surface area (Å²) in [6.45, 7) is 5.82. The van der Waals surface area contributed by atoms with Crippen molar-refractivity contribution < 1.29 is 28.9 Å². The molecule has 8 nitrogen and oxygen atoms in total. The standard InChI is InChI=1S/C22H34N4O4/c1-29-19-7-9-20(10-8-19)30-16-15-25-11-13-26(14-12-25)17-21(27)24-22(28)23-18-5-3-2-4-6-18/h7-10,18H,2-6,11-17H2,1H3,(H2,23,24,27,28)/p+2. The minimum absolute atomic E-state index is 0.190. The van der Waals surface area contributed by atoms with E-state index in [9.17, 15) is 9.59 Å². The summed E-state index contributed by atoms with van der Waals surface area (Å²) in [5.41, 5.74) is 0. The number of imide groups is 1. The van der Waals surface area contributed by atoms with Crippen molar-refractivity contribution in [1.82, 2.24) is 10.6 Å². The van der Waals surface area contributed by atoms with Gasteiger partial charge in [-0.1, -0.05) is 19.3 Å². The molecular weight excluding hydrogens is 384 g/mol. The van der Waals surface area contributed by atoms with Crippen LogP contribution in [0.1, 0.15) is 32.1 Å². The number of methoxy groups -OCH3 is 1. The van der Waals surface area contributed by atoms with Gasteiger partial charge in [0.1, 0.15) is 50.8 Å². The molecule has 1 saturated heterocycles. The van der Waals surface area contributed by atoms with Crippen LogP contribution in [0.15, 0.2) is 24.3 Å². The Labute approximate surface area is 178 Å². The van der Waals surface area contributed by atoms with Gasteiger partial charge in [0.05, 0.1) is 7.11 Å². The molecule has 3 rings (SSSR count). The number of ether oxygens (including phenoxy) is 2. The highest BCUT2D eigenvalue weighted by atomic mass is 16.5. The first-order chi connectivity index (χ1) is 14.6. The van der Waals surface area contributed by atoms with Gasteiger partial charge in [0.15, 0.2) is 6.54 Å². The predicted molar refractivity (Wildman–Crippen MR) is 113 cm³/mol. The Balaban J connectivity index is 1.27. The van der Waals surface area contributed by atoms with Crippen molar-refractivity contribution in [2.24, 2.45) is 0 Å². The molecule has 3 amide bonds. The topological polar surface area (TPSA) is 85.5 Å². The van der Waals surface area contributed by atoms with E-state index in [-0.39, 0.29) is 18.0 Å². The van der Waals surface area contributed by atoms with Crippen LogP contribution in [0.5, 0.6) is 11.5 Å². The molecule has 0 aromatic heterocycles. The smallest absolute Gasteiger partial charge is 0.321 e. The molecule has 0 unspecified atom stereocenters. The number of hydrogen-bond donors (Lipinski definition) is 4. The Bertz CT molecular complexity index is 668. The molecule has 0 radical (unpaired) electrons. The predicted octanol–water partition coefficient (Wildman–Crippen LogP) is -0.984. The van der Waals surface area contributed by atoms with Gasteiger partial charge < -0.3 is 24.6 Å². The second-order valence-corrected chi connectivity index (χ2v) is 8.31. The number of benzene rings is 1. The molecular formula is C22H36N4O4+2. The summed E-state index contributed by atoms with van der Waals surface area (Å²) >= 11 is 0. The van der Waals surface area contributed by atoms with Gasteiger partial charge in [0, 0.05) is 6.04 Å². The fourth-order valence-electron chi connectivity index (χ4n) is 4.24. The Morgan fingerprint density at radius 2 is 1.60 bits per heavy atom. The lowest BCUT2D eigenvalue weighted by Crippen LogP contribution is -3.28. The zero-order chi connectivity index (χ0) is 21.2. The highest BCUT2D eigenvalue weighted by molar-refractivity contribution is 5.94. The third-order valence-electron chi connectivity index (χ3n) is 6.05. The molecule has 0 atom stereocenters. The maximum absolute atomic E-state index is 12.2. The first-order valence-electron chi connectivity index (χ1n) is 11.2. The summed E-state index contributed by atoms with van der Waals surface area (Å²) in [7, 11) is 1.65. The molecule has 4 N–H and O–H groups in total. The van der Waals surface area contributed by atoms with Crippen molar-refractivity contribution in [1.29, 1.82) is 0 Å². The quantitative estimate of drug-likeness (QED) is 0.435. The molecule has 1 aliphatic carbocycles. The Hall–Kier alpha value is -2.32. The zero-order valence-electron chi connectivity index (χ0n) is 18.0. The summed E-state index contributed by atoms with van der Waals surface area (Å²) in [4.78, 5) is 26.9. The molecule has 1 saturated carbocycles. The summed E-state index contributed by atoms with van der Waals surface area (Å²) in [5, 5.41) is 5.43. The lowest BCUT2D eigenvalue weighted by molar-refractivity contribution is -1.01. The lowest BCUT2D eigenvalue weighted by atomic mass is 9.96. The number of nitrogens with one attached hydrogen (secondary N) is 4. The Kier molecular flexibility index (Phi) is 8.77. The van der Waals surface area contributed by atoms with Crippen LogP contribution >= 0.6 is 0 Å². The van der Waals surface area contributed by atoms with E-state index in [4.69, 9.17) is 9.47 Å². The monoisotopic (exact) mass is 420 g/mol. The maximum Gasteiger partial charge on any atom is 0.321 e. The number of carbonyl (C=O) groups is 2. The van der Waals surface area contributed by atoms with Crippen LogP contribution in [0, 0.1) is 0 Å². The zero-order valence-corrected chi connectivity index (χ0v) is 18.0. The normalized spacial score (nSPS) is 22.2. The third kappa shape index (κ3) is 7.50. The minimum Gasteiger partial charge on any atom is -0.497 e. The van der Waals surface area contributed by atoms with Crippen molar-refractivity contribution >= 4 is 11.9 Å². The Morgan fingerprint density at radius 3 is 2.27 bits per heavy atom. The number of piperazine rings is 1. The third-order valence-corrected chi connectivity index (χ3v) is 6.05. The molecule has 166 valence electrons. The van der Waals surface area contributed by atoms with E-state index < -0.39 is 0 Å². The summed E-state index contributed by atoms with van der Waals surface area (Å²) < 4.78 is 11.0. The summed E-state index contributed by atoms with van der Waals surface area (Å²) in [6, 6.07) is 7.49. The summed E-state index contributed by atoms with van der Waals surface area (Å²) in [6.07, 6.45) is 5.57. The molecule has 2 aliphatic rings. The van der Waals surface area contributed by atoms with Gasteiger partial charge in [-0.05, 0) is 37.1 Å². The van der Waals surface area contributed by atoms with Gasteiger partial charge in [-0.25, -0.2) is 4.79 Å². The average molecular weight is 421 g/mol. The molecule has 8 heteroatoms. The minimum atomic E-state index is -0.341. The van der Waals surface area contributed by atoms with Crippen LogP contribution in [-0.2, 0) is 4.79 Å². The van der Waals surface area contributed by atoms with E-state index in [1.54, 1.807) is 7.11 Å². The largest absolute Gasteiger partial charge is 0.497 e. The van der Waals surface area contributed by atoms with Crippen molar-refractivity contribution in [2.75, 3.05) is 53.0 Å². The molecule has 0 bridgehead atoms. The van der Waals surface area contributed by atoms with Crippen LogP contribution < -0.4 is 29.9 Å². The van der Waals surface area contributed by atoms with Gasteiger partial charge in [-0.3, -0.25) is 10.1 Å². The van der Waals surface area contributed by atoms with Crippen LogP contribution in [0.3, 0.4) is 0 Å². The second kappa shape index (κ2) is 11.8. The maximum atomic E-state index is 12.2. The highest BCUT2D eigenvalue weighted by Crippen LogP contribution is 2.17. The van der Waals surface area contributed by atoms with Crippen LogP contribution in [-0.4, -0.2) is 71.0 Å². The van der Waals surface area contributed by atoms with Gasteiger partial charge in [0.2, 0.25) is 0 Å². The SMILES string of the molecule is COc1ccc(OCC[NH+]2CC[NH+](CC(=O)NC(=O)NC3CCCCC3)CC2)cc1. The van der Waals surface area contributed by atoms with E-state index in [0.717, 1.165) is 69.9 Å². The van der Waals surface area contributed by atoms with Crippen molar-refractivity contribution in [3.63, 3.8) is 0 Å². The molecule has 1 aliphatic heterocycles. The lowest BCUT2D eigenvalue weighted by Gasteiger charge is -2.29. The average Bonchev–Trinajstić information content (AvgIpc) is 2.76. The first-order valence-corrected chi connectivity index (χ1v) is 11.2. The van der Waals surface area contributed by atoms with E-state index in [1.807, 2.05) is 24.3 Å². The number of carbonyl (C=O) groups excluding carboxylic acids is 2. The van der Waals surface area contributed by atoms with E-state index >= 15 is 0 Å². The number of rotatable bonds is 8. The molecule has 0 spiro atoms. The first kappa shape index (κ1) is 22.4. The van der Waals surface area contributed by atoms with E-state index in [0.29, 0.717) is 13.2 Å². The summed E-state index contributed by atoms with van der Waals surface area (Å²) in [5.74, 6) is 1.48. The fourth-order valence-corrected chi connectivity index (χ4v) is 4.24. The second-order valence-electron chi connectivity index (χ2n) is 8.31. The van der Waals surface area contributed by atoms with E-state index in [2.05, 4.69) is 10.6 Å². The van der Waals surface area contributed by atoms with Crippen molar-refractivity contribution in [3.8, 4) is 11.5 Å². The number of urea groups is 1. The highest BCUT2D eigenvalue weighted by Gasteiger charge is 2.25. The number of hydrogen-bond acceptors (Lipinski definition) is 4. The van der Waals surface area contributed by atoms with Crippen LogP contribution in [0.2, 0.25) is 0 Å². The van der Waals surface area contributed by atoms with Gasteiger partial charge in [0.25, 0.3) is 5.91 Å². The van der Waals surface area contributed by atoms with Crippen LogP contribution in [0.25, 0.3) is 0 Å². The number of amides is 3. The molecule has 30 heavy (non-hydrogen) atoms. The van der Waals surface area contributed by atoms with Crippen molar-refractivity contribution in [3.05, 3.63) is 24.3 Å². The molecule has 1 aromatic carbocycles. The van der Waals surface area contributed by atoms with Gasteiger partial charge in [-0.15, -0.1) is 0 Å². The molecule has 2 fully saturated rings. The van der Waals surface area contributed by atoms with E-state index in [1.165, 1.54) is 16.2 Å². The number of quaternary nitrogens is 2. The van der Waals surface area contributed by atoms with Crippen molar-refractivity contribution in [2.45, 2.75) is 38.1 Å².